The highest BCUT2D eigenvalue weighted by atomic mass is 16.4. The predicted octanol–water partition coefficient (Wildman–Crippen LogP) is 3.47. The quantitative estimate of drug-likeness (QED) is 0.873. The molecule has 0 bridgehead atoms. The van der Waals surface area contributed by atoms with Crippen molar-refractivity contribution in [2.45, 2.75) is 25.9 Å². The van der Waals surface area contributed by atoms with Crippen molar-refractivity contribution in [1.82, 2.24) is 5.32 Å². The molecular weight excluding hydrogens is 250 g/mol. The van der Waals surface area contributed by atoms with Gasteiger partial charge in [0, 0.05) is 6.04 Å². The van der Waals surface area contributed by atoms with Crippen LogP contribution < -0.4 is 5.32 Å². The first-order valence-corrected chi connectivity index (χ1v) is 6.69. The highest BCUT2D eigenvalue weighted by Crippen LogP contribution is 2.22. The second-order valence-electron chi connectivity index (χ2n) is 4.93. The van der Waals surface area contributed by atoms with Crippen LogP contribution in [0.5, 0.6) is 0 Å². The van der Waals surface area contributed by atoms with Crippen LogP contribution in [0.3, 0.4) is 0 Å². The molecule has 0 saturated heterocycles. The first-order chi connectivity index (χ1) is 9.59. The van der Waals surface area contributed by atoms with E-state index in [2.05, 4.69) is 5.32 Å². The van der Waals surface area contributed by atoms with E-state index in [4.69, 9.17) is 0 Å². The van der Waals surface area contributed by atoms with Gasteiger partial charge in [-0.25, -0.2) is 0 Å². The Hall–Kier alpha value is -2.13. The van der Waals surface area contributed by atoms with E-state index in [0.717, 1.165) is 16.7 Å². The van der Waals surface area contributed by atoms with Crippen molar-refractivity contribution in [2.75, 3.05) is 0 Å². The smallest absolute Gasteiger partial charge is 0.325 e. The Balaban J connectivity index is 2.21. The van der Waals surface area contributed by atoms with E-state index in [9.17, 15) is 9.90 Å². The van der Waals surface area contributed by atoms with Crippen LogP contribution in [-0.2, 0) is 4.79 Å². The van der Waals surface area contributed by atoms with Gasteiger partial charge in [0.05, 0.1) is 0 Å². The normalized spacial score (nSPS) is 13.7. The lowest BCUT2D eigenvalue weighted by atomic mass is 10.00. The first kappa shape index (κ1) is 14.3. The number of nitrogens with one attached hydrogen (secondary N) is 1. The van der Waals surface area contributed by atoms with Crippen LogP contribution in [-0.4, -0.2) is 11.1 Å². The van der Waals surface area contributed by atoms with Crippen molar-refractivity contribution in [3.8, 4) is 0 Å². The molecule has 2 unspecified atom stereocenters. The van der Waals surface area contributed by atoms with Crippen LogP contribution in [0.15, 0.2) is 54.6 Å². The minimum Gasteiger partial charge on any atom is -0.480 e. The second-order valence-corrected chi connectivity index (χ2v) is 4.93. The highest BCUT2D eigenvalue weighted by Gasteiger charge is 2.22. The summed E-state index contributed by atoms with van der Waals surface area (Å²) in [5, 5.41) is 12.6. The fraction of sp³-hybridized carbons (Fsp3) is 0.235. The van der Waals surface area contributed by atoms with Gasteiger partial charge in [0.15, 0.2) is 0 Å². The maximum absolute atomic E-state index is 11.5. The molecular formula is C17H19NO2. The summed E-state index contributed by atoms with van der Waals surface area (Å²) in [5.74, 6) is -0.864. The lowest BCUT2D eigenvalue weighted by Crippen LogP contribution is -2.31. The number of rotatable bonds is 5. The fourth-order valence-corrected chi connectivity index (χ4v) is 2.37. The standard InChI is InChI=1S/C17H19NO2/c1-12-8-6-7-11-15(12)13(2)18-16(17(19)20)14-9-4-3-5-10-14/h3-11,13,16,18H,1-2H3,(H,19,20). The second kappa shape index (κ2) is 6.35. The summed E-state index contributed by atoms with van der Waals surface area (Å²) in [6, 6.07) is 16.5. The topological polar surface area (TPSA) is 49.3 Å². The summed E-state index contributed by atoms with van der Waals surface area (Å²) >= 11 is 0. The predicted molar refractivity (Wildman–Crippen MR) is 79.5 cm³/mol. The summed E-state index contributed by atoms with van der Waals surface area (Å²) in [6.45, 7) is 4.02. The van der Waals surface area contributed by atoms with Gasteiger partial charge in [-0.3, -0.25) is 10.1 Å². The molecule has 0 aliphatic carbocycles. The average molecular weight is 269 g/mol. The molecule has 0 aliphatic rings. The molecule has 0 fully saturated rings. The summed E-state index contributed by atoms with van der Waals surface area (Å²) in [4.78, 5) is 11.5. The molecule has 2 aromatic rings. The maximum Gasteiger partial charge on any atom is 0.325 e. The van der Waals surface area contributed by atoms with E-state index in [0.29, 0.717) is 0 Å². The van der Waals surface area contributed by atoms with E-state index in [1.807, 2.05) is 68.4 Å². The molecule has 2 aromatic carbocycles. The van der Waals surface area contributed by atoms with Crippen LogP contribution >= 0.6 is 0 Å². The van der Waals surface area contributed by atoms with Crippen molar-refractivity contribution in [3.05, 3.63) is 71.3 Å². The van der Waals surface area contributed by atoms with Crippen molar-refractivity contribution in [3.63, 3.8) is 0 Å². The summed E-state index contributed by atoms with van der Waals surface area (Å²) in [6.07, 6.45) is 0. The van der Waals surface area contributed by atoms with Gasteiger partial charge in [-0.05, 0) is 30.5 Å². The molecule has 2 rings (SSSR count). The zero-order valence-electron chi connectivity index (χ0n) is 11.7. The van der Waals surface area contributed by atoms with Gasteiger partial charge < -0.3 is 5.11 Å². The molecule has 0 aliphatic heterocycles. The number of benzene rings is 2. The van der Waals surface area contributed by atoms with E-state index in [1.165, 1.54) is 0 Å². The van der Waals surface area contributed by atoms with Gasteiger partial charge in [0.1, 0.15) is 6.04 Å². The van der Waals surface area contributed by atoms with Gasteiger partial charge in [0.25, 0.3) is 0 Å². The Bertz CT molecular complexity index is 581. The lowest BCUT2D eigenvalue weighted by molar-refractivity contribution is -0.139. The molecule has 3 heteroatoms. The molecule has 2 atom stereocenters. The number of carbonyl (C=O) groups is 1. The fourth-order valence-electron chi connectivity index (χ4n) is 2.37. The van der Waals surface area contributed by atoms with Crippen molar-refractivity contribution < 1.29 is 9.90 Å². The Labute approximate surface area is 119 Å². The molecule has 104 valence electrons. The minimum absolute atomic E-state index is 0.0301. The molecule has 0 heterocycles. The van der Waals surface area contributed by atoms with E-state index in [-0.39, 0.29) is 6.04 Å². The molecule has 0 aromatic heterocycles. The van der Waals surface area contributed by atoms with Crippen molar-refractivity contribution >= 4 is 5.97 Å². The van der Waals surface area contributed by atoms with Crippen LogP contribution in [0.1, 0.15) is 35.7 Å². The van der Waals surface area contributed by atoms with Gasteiger partial charge in [-0.15, -0.1) is 0 Å². The van der Waals surface area contributed by atoms with Gasteiger partial charge in [0.2, 0.25) is 0 Å². The maximum atomic E-state index is 11.5. The first-order valence-electron chi connectivity index (χ1n) is 6.69. The number of hydrogen-bond acceptors (Lipinski definition) is 2. The van der Waals surface area contributed by atoms with E-state index >= 15 is 0 Å². The zero-order chi connectivity index (χ0) is 14.5. The number of aliphatic carboxylic acids is 1. The Morgan fingerprint density at radius 1 is 1.05 bits per heavy atom. The monoisotopic (exact) mass is 269 g/mol. The van der Waals surface area contributed by atoms with E-state index < -0.39 is 12.0 Å². The molecule has 0 saturated carbocycles. The van der Waals surface area contributed by atoms with Crippen LogP contribution in [0.2, 0.25) is 0 Å². The molecule has 0 spiro atoms. The van der Waals surface area contributed by atoms with Crippen LogP contribution in [0, 0.1) is 6.92 Å². The third-order valence-corrected chi connectivity index (χ3v) is 3.45. The number of carboxylic acids is 1. The highest BCUT2D eigenvalue weighted by molar-refractivity contribution is 5.75. The van der Waals surface area contributed by atoms with Crippen molar-refractivity contribution in [1.29, 1.82) is 0 Å². The molecule has 0 amide bonds. The third kappa shape index (κ3) is 3.25. The Morgan fingerprint density at radius 2 is 1.65 bits per heavy atom. The SMILES string of the molecule is Cc1ccccc1C(C)NC(C(=O)O)c1ccccc1. The average Bonchev–Trinajstić information content (AvgIpc) is 2.45. The largest absolute Gasteiger partial charge is 0.480 e. The molecule has 2 N–H and O–H groups in total. The molecule has 0 radical (unpaired) electrons. The third-order valence-electron chi connectivity index (χ3n) is 3.45. The zero-order valence-corrected chi connectivity index (χ0v) is 11.7. The summed E-state index contributed by atoms with van der Waals surface area (Å²) in [5.41, 5.74) is 3.04. The van der Waals surface area contributed by atoms with Crippen LogP contribution in [0.4, 0.5) is 0 Å². The lowest BCUT2D eigenvalue weighted by Gasteiger charge is -2.22. The number of aryl methyl sites for hydroxylation is 1. The Kier molecular flexibility index (Phi) is 4.53. The molecule has 3 nitrogen and oxygen atoms in total. The number of hydrogen-bond donors (Lipinski definition) is 2. The van der Waals surface area contributed by atoms with Gasteiger partial charge in [-0.1, -0.05) is 54.6 Å². The number of carboxylic acid groups (broad SMARTS) is 1. The summed E-state index contributed by atoms with van der Waals surface area (Å²) in [7, 11) is 0. The Morgan fingerprint density at radius 3 is 2.25 bits per heavy atom. The van der Waals surface area contributed by atoms with Gasteiger partial charge >= 0.3 is 5.97 Å². The van der Waals surface area contributed by atoms with Crippen LogP contribution in [0.25, 0.3) is 0 Å². The molecule has 20 heavy (non-hydrogen) atoms. The van der Waals surface area contributed by atoms with E-state index in [1.54, 1.807) is 0 Å². The summed E-state index contributed by atoms with van der Waals surface area (Å²) < 4.78 is 0. The van der Waals surface area contributed by atoms with Crippen molar-refractivity contribution in [2.24, 2.45) is 0 Å². The minimum atomic E-state index is -0.864. The van der Waals surface area contributed by atoms with Gasteiger partial charge in [-0.2, -0.15) is 0 Å².